The monoisotopic (exact) mass is 406 g/mol. The lowest BCUT2D eigenvalue weighted by atomic mass is 9.74. The third-order valence-electron chi connectivity index (χ3n) is 5.27. The molecule has 3 rings (SSSR count). The zero-order valence-corrected chi connectivity index (χ0v) is 19.1. The lowest BCUT2D eigenvalue weighted by molar-refractivity contribution is 0.497. The van der Waals surface area contributed by atoms with Gasteiger partial charge in [-0.15, -0.1) is 0 Å². The highest BCUT2D eigenvalue weighted by Gasteiger charge is 2.28. The molecular weight excluding hydrogens is 375 g/mol. The molecule has 2 N–H and O–H groups in total. The van der Waals surface area contributed by atoms with E-state index in [0.29, 0.717) is 5.30 Å². The molecule has 152 valence electrons. The van der Waals surface area contributed by atoms with E-state index in [-0.39, 0.29) is 10.8 Å². The van der Waals surface area contributed by atoms with Crippen molar-refractivity contribution in [2.24, 2.45) is 0 Å². The summed E-state index contributed by atoms with van der Waals surface area (Å²) in [5.41, 5.74) is 6.50. The summed E-state index contributed by atoms with van der Waals surface area (Å²) in [4.78, 5) is 20.5. The number of hydrogen-bond donors (Lipinski definition) is 2. The zero-order chi connectivity index (χ0) is 21.4. The minimum Gasteiger partial charge on any atom is -0.347 e. The van der Waals surface area contributed by atoms with Gasteiger partial charge in [-0.05, 0) is 56.3 Å². The minimum atomic E-state index is -2.22. The molecule has 0 saturated heterocycles. The van der Waals surface area contributed by atoms with E-state index in [2.05, 4.69) is 77.9 Å². The first-order valence-electron chi connectivity index (χ1n) is 10.0. The Morgan fingerprint density at radius 1 is 0.621 bits per heavy atom. The van der Waals surface area contributed by atoms with E-state index in [0.717, 1.165) is 22.3 Å². The third kappa shape index (κ3) is 4.61. The summed E-state index contributed by atoms with van der Waals surface area (Å²) in [5, 5.41) is 0.599. The average molecular weight is 407 g/mol. The van der Waals surface area contributed by atoms with E-state index in [1.54, 1.807) is 0 Å². The van der Waals surface area contributed by atoms with Gasteiger partial charge in [0.05, 0.1) is 0 Å². The molecule has 0 bridgehead atoms. The van der Waals surface area contributed by atoms with E-state index < -0.39 is 8.38 Å². The van der Waals surface area contributed by atoms with E-state index in [4.69, 9.17) is 0 Å². The molecule has 0 radical (unpaired) electrons. The first-order valence-corrected chi connectivity index (χ1v) is 11.3. The smallest absolute Gasteiger partial charge is 0.200 e. The Morgan fingerprint density at radius 3 is 1.66 bits per heavy atom. The lowest BCUT2D eigenvalue weighted by Crippen LogP contribution is -2.21. The molecule has 0 heterocycles. The van der Waals surface area contributed by atoms with Crippen molar-refractivity contribution in [3.8, 4) is 22.3 Å². The van der Waals surface area contributed by atoms with Gasteiger partial charge in [0.2, 0.25) is 0 Å². The summed E-state index contributed by atoms with van der Waals surface area (Å²) >= 11 is 0. The van der Waals surface area contributed by atoms with Crippen LogP contribution in [-0.4, -0.2) is 9.79 Å². The van der Waals surface area contributed by atoms with Crippen molar-refractivity contribution < 1.29 is 9.79 Å². The van der Waals surface area contributed by atoms with Crippen LogP contribution in [-0.2, 0) is 10.8 Å². The maximum atomic E-state index is 10.2. The average Bonchev–Trinajstić information content (AvgIpc) is 2.66. The lowest BCUT2D eigenvalue weighted by Gasteiger charge is -2.31. The molecule has 0 saturated carbocycles. The van der Waals surface area contributed by atoms with Crippen molar-refractivity contribution >= 4 is 13.7 Å². The van der Waals surface area contributed by atoms with Crippen LogP contribution in [0.3, 0.4) is 0 Å². The van der Waals surface area contributed by atoms with Crippen molar-refractivity contribution in [1.29, 1.82) is 0 Å². The minimum absolute atomic E-state index is 0.0791. The number of hydrogen-bond acceptors (Lipinski definition) is 2. The van der Waals surface area contributed by atoms with E-state index >= 15 is 0 Å². The molecule has 0 fully saturated rings. The molecule has 29 heavy (non-hydrogen) atoms. The summed E-state index contributed by atoms with van der Waals surface area (Å²) < 4.78 is 0. The Hall–Kier alpha value is -1.99. The van der Waals surface area contributed by atoms with Gasteiger partial charge in [0.25, 0.3) is 0 Å². The van der Waals surface area contributed by atoms with Gasteiger partial charge >= 0.3 is 0 Å². The second-order valence-electron chi connectivity index (χ2n) is 9.62. The van der Waals surface area contributed by atoms with Crippen molar-refractivity contribution in [3.05, 3.63) is 77.9 Å². The molecule has 0 aromatic heterocycles. The summed E-state index contributed by atoms with van der Waals surface area (Å²) in [6.07, 6.45) is 0. The summed E-state index contributed by atoms with van der Waals surface area (Å²) in [6, 6.07) is 22.6. The SMILES string of the molecule is CC(C)(C)c1cccc(C(C)(C)C)c1-c1cc(-c2ccccc2)ccc1P(O)O. The van der Waals surface area contributed by atoms with E-state index in [1.807, 2.05) is 30.3 Å². The quantitative estimate of drug-likeness (QED) is 0.485. The fraction of sp³-hybridized carbons (Fsp3) is 0.308. The van der Waals surface area contributed by atoms with Crippen LogP contribution >= 0.6 is 8.38 Å². The third-order valence-corrected chi connectivity index (χ3v) is 6.09. The molecule has 3 heteroatoms. The zero-order valence-electron chi connectivity index (χ0n) is 18.2. The molecule has 0 atom stereocenters. The van der Waals surface area contributed by atoms with Gasteiger partial charge in [-0.25, -0.2) is 0 Å². The van der Waals surface area contributed by atoms with Gasteiger partial charge in [0, 0.05) is 5.30 Å². The molecule has 0 unspecified atom stereocenters. The standard InChI is InChI=1S/C26H31O2P/c1-25(2,3)21-13-10-14-22(26(4,5)6)24(21)20-17-19(15-16-23(20)29(27)28)18-11-8-7-9-12-18/h7-17,27-28H,1-6H3. The van der Waals surface area contributed by atoms with Gasteiger partial charge in [0.1, 0.15) is 0 Å². The molecule has 0 aliphatic rings. The first-order chi connectivity index (χ1) is 13.5. The molecule has 3 aromatic rings. The van der Waals surface area contributed by atoms with Crippen LogP contribution in [0.15, 0.2) is 66.7 Å². The van der Waals surface area contributed by atoms with Gasteiger partial charge in [-0.3, -0.25) is 0 Å². The Balaban J connectivity index is 2.40. The van der Waals surface area contributed by atoms with Crippen molar-refractivity contribution in [3.63, 3.8) is 0 Å². The fourth-order valence-corrected chi connectivity index (χ4v) is 4.41. The Labute approximate surface area is 176 Å². The molecule has 3 aromatic carbocycles. The van der Waals surface area contributed by atoms with E-state index in [1.165, 1.54) is 11.1 Å². The maximum Gasteiger partial charge on any atom is 0.200 e. The Bertz CT molecular complexity index is 961. The maximum absolute atomic E-state index is 10.2. The van der Waals surface area contributed by atoms with Crippen LogP contribution in [0, 0.1) is 0 Å². The predicted molar refractivity (Wildman–Crippen MR) is 126 cm³/mol. The van der Waals surface area contributed by atoms with Crippen molar-refractivity contribution in [1.82, 2.24) is 0 Å². The van der Waals surface area contributed by atoms with Gasteiger partial charge in [-0.2, -0.15) is 0 Å². The molecule has 0 amide bonds. The van der Waals surface area contributed by atoms with Crippen LogP contribution in [0.2, 0.25) is 0 Å². The number of benzene rings is 3. The van der Waals surface area contributed by atoms with Gasteiger partial charge < -0.3 is 9.79 Å². The second kappa shape index (κ2) is 8.03. The predicted octanol–water partition coefficient (Wildman–Crippen LogP) is 6.54. The van der Waals surface area contributed by atoms with Crippen LogP contribution < -0.4 is 5.30 Å². The summed E-state index contributed by atoms with van der Waals surface area (Å²) in [7, 11) is -2.22. The largest absolute Gasteiger partial charge is 0.347 e. The van der Waals surface area contributed by atoms with Crippen LogP contribution in [0.4, 0.5) is 0 Å². The van der Waals surface area contributed by atoms with Gasteiger partial charge in [0.15, 0.2) is 8.38 Å². The fourth-order valence-electron chi connectivity index (χ4n) is 3.81. The van der Waals surface area contributed by atoms with Gasteiger partial charge in [-0.1, -0.05) is 96.1 Å². The normalized spacial score (nSPS) is 12.4. The topological polar surface area (TPSA) is 40.5 Å². The molecule has 0 aliphatic heterocycles. The summed E-state index contributed by atoms with van der Waals surface area (Å²) in [6.45, 7) is 13.2. The highest BCUT2D eigenvalue weighted by molar-refractivity contribution is 7.54. The van der Waals surface area contributed by atoms with E-state index in [9.17, 15) is 9.79 Å². The van der Waals surface area contributed by atoms with Crippen LogP contribution in [0.1, 0.15) is 52.7 Å². The molecular formula is C26H31O2P. The first kappa shape index (κ1) is 21.7. The molecule has 2 nitrogen and oxygen atoms in total. The van der Waals surface area contributed by atoms with Crippen LogP contribution in [0.25, 0.3) is 22.3 Å². The highest BCUT2D eigenvalue weighted by Crippen LogP contribution is 2.43. The second-order valence-corrected chi connectivity index (χ2v) is 10.7. The Morgan fingerprint density at radius 2 is 1.17 bits per heavy atom. The summed E-state index contributed by atoms with van der Waals surface area (Å²) in [5.74, 6) is 0. The molecule has 0 spiro atoms. The number of rotatable bonds is 3. The van der Waals surface area contributed by atoms with Crippen molar-refractivity contribution in [2.75, 3.05) is 0 Å². The Kier molecular flexibility index (Phi) is 6.01. The van der Waals surface area contributed by atoms with Crippen LogP contribution in [0.5, 0.6) is 0 Å². The molecule has 0 aliphatic carbocycles. The van der Waals surface area contributed by atoms with Crippen molar-refractivity contribution in [2.45, 2.75) is 52.4 Å². The highest BCUT2D eigenvalue weighted by atomic mass is 31.2.